The Hall–Kier alpha value is -2.27. The second kappa shape index (κ2) is 5.74. The van der Waals surface area contributed by atoms with Gasteiger partial charge in [0.25, 0.3) is 0 Å². The van der Waals surface area contributed by atoms with E-state index in [0.29, 0.717) is 22.2 Å². The van der Waals surface area contributed by atoms with E-state index in [1.165, 1.54) is 18.2 Å². The topological polar surface area (TPSA) is 50.2 Å². The van der Waals surface area contributed by atoms with Crippen molar-refractivity contribution in [2.75, 3.05) is 0 Å². The standard InChI is InChI=1S/C18H13BrFNO2/c1-9-10(2)17-13(7-15(9)19)14(18(22)23)8-16(21-17)11-3-5-12(20)6-4-11/h3-8H,1-2H3,(H,22,23). The quantitative estimate of drug-likeness (QED) is 0.678. The molecule has 5 heteroatoms. The fraction of sp³-hybridized carbons (Fsp3) is 0.111. The van der Waals surface area contributed by atoms with Gasteiger partial charge in [-0.2, -0.15) is 0 Å². The van der Waals surface area contributed by atoms with E-state index in [2.05, 4.69) is 20.9 Å². The number of aryl methyl sites for hydroxylation is 1. The Bertz CT molecular complexity index is 936. The Kier molecular flexibility index (Phi) is 3.90. The van der Waals surface area contributed by atoms with E-state index in [9.17, 15) is 14.3 Å². The predicted octanol–water partition coefficient (Wildman–Crippen LogP) is 5.12. The van der Waals surface area contributed by atoms with Crippen LogP contribution in [0.25, 0.3) is 22.2 Å². The number of nitrogens with zero attached hydrogens (tertiary/aromatic N) is 1. The lowest BCUT2D eigenvalue weighted by atomic mass is 9.99. The summed E-state index contributed by atoms with van der Waals surface area (Å²) in [6.45, 7) is 3.86. The number of carbonyl (C=O) groups is 1. The molecule has 0 saturated heterocycles. The summed E-state index contributed by atoms with van der Waals surface area (Å²) in [7, 11) is 0. The van der Waals surface area contributed by atoms with E-state index < -0.39 is 5.97 Å². The fourth-order valence-electron chi connectivity index (χ4n) is 2.52. The van der Waals surface area contributed by atoms with Crippen molar-refractivity contribution in [2.45, 2.75) is 13.8 Å². The molecule has 1 heterocycles. The van der Waals surface area contributed by atoms with Crippen molar-refractivity contribution in [1.82, 2.24) is 4.98 Å². The number of aromatic carboxylic acids is 1. The summed E-state index contributed by atoms with van der Waals surface area (Å²) in [5.74, 6) is -1.36. The molecule has 2 aromatic carbocycles. The average Bonchev–Trinajstić information content (AvgIpc) is 2.52. The number of hydrogen-bond donors (Lipinski definition) is 1. The van der Waals surface area contributed by atoms with Gasteiger partial charge in [0.2, 0.25) is 0 Å². The van der Waals surface area contributed by atoms with Crippen LogP contribution >= 0.6 is 15.9 Å². The molecule has 23 heavy (non-hydrogen) atoms. The fourth-order valence-corrected chi connectivity index (χ4v) is 3.05. The Morgan fingerprint density at radius 3 is 2.39 bits per heavy atom. The minimum absolute atomic E-state index is 0.179. The highest BCUT2D eigenvalue weighted by Gasteiger charge is 2.16. The van der Waals surface area contributed by atoms with E-state index in [0.717, 1.165) is 15.6 Å². The van der Waals surface area contributed by atoms with Crippen LogP contribution in [-0.4, -0.2) is 16.1 Å². The van der Waals surface area contributed by atoms with Crippen LogP contribution < -0.4 is 0 Å². The normalized spacial score (nSPS) is 11.0. The predicted molar refractivity (Wildman–Crippen MR) is 91.3 cm³/mol. The lowest BCUT2D eigenvalue weighted by Gasteiger charge is -2.12. The van der Waals surface area contributed by atoms with E-state index in [1.54, 1.807) is 18.2 Å². The highest BCUT2D eigenvalue weighted by molar-refractivity contribution is 9.10. The molecule has 0 amide bonds. The van der Waals surface area contributed by atoms with Crippen LogP contribution in [0.4, 0.5) is 4.39 Å². The van der Waals surface area contributed by atoms with Crippen molar-refractivity contribution in [3.8, 4) is 11.3 Å². The maximum absolute atomic E-state index is 13.1. The van der Waals surface area contributed by atoms with Crippen molar-refractivity contribution < 1.29 is 14.3 Å². The van der Waals surface area contributed by atoms with Crippen LogP contribution in [-0.2, 0) is 0 Å². The van der Waals surface area contributed by atoms with Crippen LogP contribution in [0, 0.1) is 19.7 Å². The molecular formula is C18H13BrFNO2. The van der Waals surface area contributed by atoms with Gasteiger partial charge in [-0.1, -0.05) is 15.9 Å². The summed E-state index contributed by atoms with van der Waals surface area (Å²) in [5, 5.41) is 10.1. The van der Waals surface area contributed by atoms with Gasteiger partial charge in [-0.15, -0.1) is 0 Å². The largest absolute Gasteiger partial charge is 0.478 e. The number of pyridine rings is 1. The van der Waals surface area contributed by atoms with Gasteiger partial charge in [-0.3, -0.25) is 0 Å². The van der Waals surface area contributed by atoms with Crippen LogP contribution in [0.15, 0.2) is 40.9 Å². The monoisotopic (exact) mass is 373 g/mol. The minimum atomic E-state index is -1.02. The smallest absolute Gasteiger partial charge is 0.336 e. The maximum atomic E-state index is 13.1. The van der Waals surface area contributed by atoms with Gasteiger partial charge >= 0.3 is 5.97 Å². The molecule has 0 aliphatic heterocycles. The minimum Gasteiger partial charge on any atom is -0.478 e. The molecule has 0 bridgehead atoms. The van der Waals surface area contributed by atoms with Gasteiger partial charge in [0, 0.05) is 15.4 Å². The highest BCUT2D eigenvalue weighted by atomic mass is 79.9. The zero-order valence-corrected chi connectivity index (χ0v) is 14.1. The first-order valence-corrected chi connectivity index (χ1v) is 7.77. The van der Waals surface area contributed by atoms with E-state index in [-0.39, 0.29) is 11.4 Å². The molecule has 1 N–H and O–H groups in total. The Morgan fingerprint density at radius 2 is 1.78 bits per heavy atom. The van der Waals surface area contributed by atoms with Gasteiger partial charge < -0.3 is 5.11 Å². The second-order valence-electron chi connectivity index (χ2n) is 5.37. The van der Waals surface area contributed by atoms with Gasteiger partial charge in [0.05, 0.1) is 16.8 Å². The van der Waals surface area contributed by atoms with Crippen LogP contribution in [0.1, 0.15) is 21.5 Å². The zero-order chi connectivity index (χ0) is 16.7. The van der Waals surface area contributed by atoms with Crippen LogP contribution in [0.5, 0.6) is 0 Å². The molecule has 116 valence electrons. The molecule has 0 saturated carbocycles. The van der Waals surface area contributed by atoms with E-state index >= 15 is 0 Å². The SMILES string of the molecule is Cc1c(Br)cc2c(C(=O)O)cc(-c3ccc(F)cc3)nc2c1C. The first-order chi connectivity index (χ1) is 10.9. The Morgan fingerprint density at radius 1 is 1.13 bits per heavy atom. The van der Waals surface area contributed by atoms with Crippen molar-refractivity contribution in [1.29, 1.82) is 0 Å². The van der Waals surface area contributed by atoms with Gasteiger partial charge in [0.15, 0.2) is 0 Å². The van der Waals surface area contributed by atoms with Crippen LogP contribution in [0.2, 0.25) is 0 Å². The molecule has 0 atom stereocenters. The van der Waals surface area contributed by atoms with E-state index in [1.807, 2.05) is 13.8 Å². The maximum Gasteiger partial charge on any atom is 0.336 e. The van der Waals surface area contributed by atoms with Crippen molar-refractivity contribution in [3.05, 3.63) is 63.4 Å². The van der Waals surface area contributed by atoms with E-state index in [4.69, 9.17) is 0 Å². The van der Waals surface area contributed by atoms with Gasteiger partial charge in [-0.05, 0) is 61.4 Å². The number of benzene rings is 2. The first-order valence-electron chi connectivity index (χ1n) is 6.98. The summed E-state index contributed by atoms with van der Waals surface area (Å²) in [6, 6.07) is 9.16. The number of carboxylic acids is 1. The Labute approximate surface area is 140 Å². The van der Waals surface area contributed by atoms with Crippen molar-refractivity contribution in [2.24, 2.45) is 0 Å². The third-order valence-electron chi connectivity index (χ3n) is 3.98. The molecular weight excluding hydrogens is 361 g/mol. The second-order valence-corrected chi connectivity index (χ2v) is 6.23. The first kappa shape index (κ1) is 15.6. The molecule has 3 rings (SSSR count). The van der Waals surface area contributed by atoms with Gasteiger partial charge in [-0.25, -0.2) is 14.2 Å². The summed E-state index contributed by atoms with van der Waals surface area (Å²) in [4.78, 5) is 16.3. The van der Waals surface area contributed by atoms with Crippen molar-refractivity contribution in [3.63, 3.8) is 0 Å². The van der Waals surface area contributed by atoms with Crippen molar-refractivity contribution >= 4 is 32.8 Å². The Balaban J connectivity index is 2.38. The third-order valence-corrected chi connectivity index (χ3v) is 4.80. The summed E-state index contributed by atoms with van der Waals surface area (Å²) >= 11 is 3.46. The number of hydrogen-bond acceptors (Lipinski definition) is 2. The molecule has 0 unspecified atom stereocenters. The molecule has 0 radical (unpaired) electrons. The molecule has 1 aromatic heterocycles. The third kappa shape index (κ3) is 2.72. The summed E-state index contributed by atoms with van der Waals surface area (Å²) in [5.41, 5.74) is 3.94. The van der Waals surface area contributed by atoms with Crippen LogP contribution in [0.3, 0.4) is 0 Å². The molecule has 3 aromatic rings. The molecule has 0 aliphatic rings. The summed E-state index contributed by atoms with van der Waals surface area (Å²) < 4.78 is 14.0. The lowest BCUT2D eigenvalue weighted by molar-refractivity contribution is 0.0699. The number of aromatic nitrogens is 1. The average molecular weight is 374 g/mol. The number of carboxylic acid groups (broad SMARTS) is 1. The molecule has 0 aliphatic carbocycles. The van der Waals surface area contributed by atoms with Gasteiger partial charge in [0.1, 0.15) is 5.82 Å². The zero-order valence-electron chi connectivity index (χ0n) is 12.5. The number of rotatable bonds is 2. The molecule has 0 spiro atoms. The number of halogens is 2. The highest BCUT2D eigenvalue weighted by Crippen LogP contribution is 2.32. The summed E-state index contributed by atoms with van der Waals surface area (Å²) in [6.07, 6.45) is 0. The lowest BCUT2D eigenvalue weighted by Crippen LogP contribution is -2.02. The number of fused-ring (bicyclic) bond motifs is 1. The molecule has 0 fully saturated rings. The molecule has 3 nitrogen and oxygen atoms in total.